The van der Waals surface area contributed by atoms with Gasteiger partial charge >= 0.3 is 5.97 Å². The minimum atomic E-state index is -3.93. The number of piperidine rings is 1. The molecule has 1 aliphatic heterocycles. The number of thiophene rings is 1. The molecule has 7 nitrogen and oxygen atoms in total. The normalized spacial score (nSPS) is 19.0. The van der Waals surface area contributed by atoms with Crippen molar-refractivity contribution in [2.24, 2.45) is 11.1 Å². The van der Waals surface area contributed by atoms with E-state index in [0.717, 1.165) is 11.3 Å². The first-order chi connectivity index (χ1) is 10.3. The molecule has 22 heavy (non-hydrogen) atoms. The molecule has 1 aromatic heterocycles. The number of primary sulfonamides is 1. The maximum absolute atomic E-state index is 12.5. The number of ether oxygens (including phenoxy) is 1. The fourth-order valence-corrected chi connectivity index (χ4v) is 4.23. The number of nitrogens with two attached hydrogens (primary N) is 1. The summed E-state index contributed by atoms with van der Waals surface area (Å²) in [6, 6.07) is 1.45. The zero-order valence-electron chi connectivity index (χ0n) is 12.1. The van der Waals surface area contributed by atoms with Crippen LogP contribution >= 0.6 is 11.3 Å². The second-order valence-corrected chi connectivity index (χ2v) is 7.68. The van der Waals surface area contributed by atoms with Gasteiger partial charge in [-0.1, -0.05) is 0 Å². The van der Waals surface area contributed by atoms with Gasteiger partial charge in [0, 0.05) is 13.1 Å². The van der Waals surface area contributed by atoms with E-state index < -0.39 is 15.9 Å². The van der Waals surface area contributed by atoms with Gasteiger partial charge in [0.1, 0.15) is 4.21 Å². The molecule has 1 aromatic rings. The van der Waals surface area contributed by atoms with Gasteiger partial charge in [-0.15, -0.1) is 11.3 Å². The molecule has 1 amide bonds. The molecule has 1 saturated heterocycles. The highest BCUT2D eigenvalue weighted by molar-refractivity contribution is 7.91. The van der Waals surface area contributed by atoms with Crippen LogP contribution in [0.2, 0.25) is 0 Å². The van der Waals surface area contributed by atoms with Crippen molar-refractivity contribution in [1.29, 1.82) is 0 Å². The number of nitrogens with zero attached hydrogens (tertiary/aromatic N) is 1. The number of sulfonamides is 1. The lowest BCUT2D eigenvalue weighted by molar-refractivity contribution is -0.149. The first-order valence-corrected chi connectivity index (χ1v) is 9.33. The van der Waals surface area contributed by atoms with E-state index in [1.807, 2.05) is 0 Å². The molecule has 122 valence electrons. The summed E-state index contributed by atoms with van der Waals surface area (Å²) in [6.45, 7) is 2.74. The number of amides is 1. The van der Waals surface area contributed by atoms with Gasteiger partial charge in [0.25, 0.3) is 5.91 Å². The van der Waals surface area contributed by atoms with E-state index in [1.165, 1.54) is 16.3 Å². The summed E-state index contributed by atoms with van der Waals surface area (Å²) in [5.41, 5.74) is 0.0667. The molecule has 0 bridgehead atoms. The Morgan fingerprint density at radius 2 is 2.23 bits per heavy atom. The maximum Gasteiger partial charge on any atom is 0.310 e. The predicted molar refractivity (Wildman–Crippen MR) is 81.0 cm³/mol. The highest BCUT2D eigenvalue weighted by Crippen LogP contribution is 2.25. The second kappa shape index (κ2) is 6.76. The molecule has 2 rings (SSSR count). The lowest BCUT2D eigenvalue weighted by atomic mass is 9.98. The molecular weight excluding hydrogens is 328 g/mol. The summed E-state index contributed by atoms with van der Waals surface area (Å²) >= 11 is 0.912. The number of carbonyl (C=O) groups excluding carboxylic acids is 2. The highest BCUT2D eigenvalue weighted by atomic mass is 32.2. The third-order valence-corrected chi connectivity index (χ3v) is 5.88. The molecule has 0 aromatic carbocycles. The number of rotatable bonds is 4. The molecule has 2 heterocycles. The van der Waals surface area contributed by atoms with Crippen molar-refractivity contribution in [3.63, 3.8) is 0 Å². The maximum atomic E-state index is 12.5. The average Bonchev–Trinajstić information content (AvgIpc) is 2.96. The van der Waals surface area contributed by atoms with Gasteiger partial charge in [0.05, 0.1) is 18.1 Å². The zero-order valence-corrected chi connectivity index (χ0v) is 13.8. The van der Waals surface area contributed by atoms with Crippen LogP contribution in [-0.2, 0) is 19.6 Å². The van der Waals surface area contributed by atoms with Crippen LogP contribution in [0.1, 0.15) is 30.1 Å². The molecule has 2 N–H and O–H groups in total. The Morgan fingerprint density at radius 3 is 2.86 bits per heavy atom. The monoisotopic (exact) mass is 346 g/mol. The Kier molecular flexibility index (Phi) is 5.20. The van der Waals surface area contributed by atoms with Crippen LogP contribution in [0.15, 0.2) is 15.7 Å². The van der Waals surface area contributed by atoms with Crippen LogP contribution in [0.25, 0.3) is 0 Å². The Bertz CT molecular complexity index is 668. The molecule has 1 atom stereocenters. The van der Waals surface area contributed by atoms with E-state index in [1.54, 1.807) is 6.92 Å². The van der Waals surface area contributed by atoms with Crippen LogP contribution < -0.4 is 5.14 Å². The number of likely N-dealkylation sites (tertiary alicyclic amines) is 1. The van der Waals surface area contributed by atoms with E-state index in [-0.39, 0.29) is 28.2 Å². The van der Waals surface area contributed by atoms with Crippen LogP contribution in [0.5, 0.6) is 0 Å². The molecule has 1 fully saturated rings. The summed E-state index contributed by atoms with van der Waals surface area (Å²) in [5.74, 6) is -1.11. The minimum Gasteiger partial charge on any atom is -0.466 e. The van der Waals surface area contributed by atoms with Gasteiger partial charge in [-0.2, -0.15) is 0 Å². The van der Waals surface area contributed by atoms with Gasteiger partial charge in [0.15, 0.2) is 0 Å². The first-order valence-electron chi connectivity index (χ1n) is 6.90. The van der Waals surface area contributed by atoms with Crippen molar-refractivity contribution in [1.82, 2.24) is 4.90 Å². The van der Waals surface area contributed by atoms with E-state index in [0.29, 0.717) is 26.0 Å². The third-order valence-electron chi connectivity index (χ3n) is 3.45. The molecule has 0 unspecified atom stereocenters. The summed E-state index contributed by atoms with van der Waals surface area (Å²) in [7, 11) is -3.93. The van der Waals surface area contributed by atoms with Gasteiger partial charge in [-0.3, -0.25) is 9.59 Å². The fraction of sp³-hybridized carbons (Fsp3) is 0.538. The van der Waals surface area contributed by atoms with E-state index in [2.05, 4.69) is 0 Å². The van der Waals surface area contributed by atoms with Crippen LogP contribution in [0, 0.1) is 5.92 Å². The van der Waals surface area contributed by atoms with E-state index >= 15 is 0 Å². The topological polar surface area (TPSA) is 107 Å². The quantitative estimate of drug-likeness (QED) is 0.812. The van der Waals surface area contributed by atoms with Gasteiger partial charge in [-0.25, -0.2) is 13.6 Å². The standard InChI is InChI=1S/C13H18N2O5S2/c1-2-20-12(17)9-4-3-6-15(8-9)11(16)10-5-7-21-13(10)22(14,18)19/h5,7,9H,2-4,6,8H2,1H3,(H2,14,18,19)/t9-/m1/s1. The molecule has 1 aliphatic rings. The number of esters is 1. The molecular formula is C13H18N2O5S2. The lowest BCUT2D eigenvalue weighted by Crippen LogP contribution is -2.43. The van der Waals surface area contributed by atoms with Crippen molar-refractivity contribution in [3.05, 3.63) is 17.0 Å². The Morgan fingerprint density at radius 1 is 1.50 bits per heavy atom. The lowest BCUT2D eigenvalue weighted by Gasteiger charge is -2.31. The Hall–Kier alpha value is -1.45. The van der Waals surface area contributed by atoms with Crippen LogP contribution in [-0.4, -0.2) is 44.9 Å². The Balaban J connectivity index is 2.16. The number of hydrogen-bond donors (Lipinski definition) is 1. The van der Waals surface area contributed by atoms with Crippen molar-refractivity contribution >= 4 is 33.2 Å². The van der Waals surface area contributed by atoms with Crippen molar-refractivity contribution in [2.45, 2.75) is 24.0 Å². The SMILES string of the molecule is CCOC(=O)[C@@H]1CCCN(C(=O)c2ccsc2S(N)(=O)=O)C1. The van der Waals surface area contributed by atoms with Crippen LogP contribution in [0.3, 0.4) is 0 Å². The average molecular weight is 346 g/mol. The van der Waals surface area contributed by atoms with E-state index in [9.17, 15) is 18.0 Å². The van der Waals surface area contributed by atoms with Crippen LogP contribution in [0.4, 0.5) is 0 Å². The summed E-state index contributed by atoms with van der Waals surface area (Å²) in [5, 5.41) is 6.64. The smallest absolute Gasteiger partial charge is 0.310 e. The zero-order chi connectivity index (χ0) is 16.3. The van der Waals surface area contributed by atoms with Gasteiger partial charge in [-0.05, 0) is 31.2 Å². The van der Waals surface area contributed by atoms with Crippen molar-refractivity contribution < 1.29 is 22.7 Å². The van der Waals surface area contributed by atoms with E-state index in [4.69, 9.17) is 9.88 Å². The minimum absolute atomic E-state index is 0.0667. The molecule has 0 aliphatic carbocycles. The summed E-state index contributed by atoms with van der Waals surface area (Å²) in [6.07, 6.45) is 1.33. The molecule has 0 spiro atoms. The van der Waals surface area contributed by atoms with Gasteiger partial charge < -0.3 is 9.64 Å². The highest BCUT2D eigenvalue weighted by Gasteiger charge is 2.32. The molecule has 9 heteroatoms. The summed E-state index contributed by atoms with van der Waals surface area (Å²) in [4.78, 5) is 25.8. The van der Waals surface area contributed by atoms with Gasteiger partial charge in [0.2, 0.25) is 10.0 Å². The Labute approximate surface area is 133 Å². The van der Waals surface area contributed by atoms with Crippen molar-refractivity contribution in [2.75, 3.05) is 19.7 Å². The largest absolute Gasteiger partial charge is 0.466 e. The van der Waals surface area contributed by atoms with Crippen molar-refractivity contribution in [3.8, 4) is 0 Å². The molecule has 0 saturated carbocycles. The predicted octanol–water partition coefficient (Wildman–Crippen LogP) is 0.811. The fourth-order valence-electron chi connectivity index (χ4n) is 2.46. The second-order valence-electron chi connectivity index (χ2n) is 5.01. The first kappa shape index (κ1) is 16.9. The number of carbonyl (C=O) groups is 2. The molecule has 0 radical (unpaired) electrons. The number of hydrogen-bond acceptors (Lipinski definition) is 6. The summed E-state index contributed by atoms with van der Waals surface area (Å²) < 4.78 is 27.9. The third kappa shape index (κ3) is 3.65.